The van der Waals surface area contributed by atoms with E-state index in [9.17, 15) is 0 Å². The van der Waals surface area contributed by atoms with Crippen molar-refractivity contribution in [2.45, 2.75) is 5.41 Å². The Morgan fingerprint density at radius 2 is 0.785 bits per heavy atom. The standard InChI is InChI=1S/C63H42N2/c1-4-18-47(19-5-1)63(48-20-6-2-7-21-48)57-27-15-14-26-55(57)56-39-38-52(42-58(56)63)64(49-22-8-3-9-23-49)50-34-28-43(29-35-50)44-30-36-51(37-31-44)65-59-40-32-45-16-10-12-24-53(45)61(59)62-54-25-13-11-17-46(54)33-41-60(62)65/h1-42H. The average molecular weight is 827 g/mol. The normalized spacial score (nSPS) is 12.7. The van der Waals surface area contributed by atoms with Gasteiger partial charge in [-0.2, -0.15) is 0 Å². The van der Waals surface area contributed by atoms with Crippen LogP contribution in [0.15, 0.2) is 255 Å². The molecule has 0 amide bonds. The van der Waals surface area contributed by atoms with Gasteiger partial charge in [0.2, 0.25) is 0 Å². The van der Waals surface area contributed by atoms with Crippen molar-refractivity contribution < 1.29 is 0 Å². The number of benzene rings is 11. The Balaban J connectivity index is 0.913. The fraction of sp³-hybridized carbons (Fsp3) is 0.0159. The summed E-state index contributed by atoms with van der Waals surface area (Å²) in [6, 6.07) is 93.6. The number of hydrogen-bond donors (Lipinski definition) is 0. The van der Waals surface area contributed by atoms with Gasteiger partial charge >= 0.3 is 0 Å². The Kier molecular flexibility index (Phi) is 8.47. The summed E-state index contributed by atoms with van der Waals surface area (Å²) in [7, 11) is 0. The summed E-state index contributed by atoms with van der Waals surface area (Å²) >= 11 is 0. The third-order valence-electron chi connectivity index (χ3n) is 13.8. The van der Waals surface area contributed by atoms with E-state index < -0.39 is 5.41 Å². The molecule has 2 nitrogen and oxygen atoms in total. The molecule has 0 N–H and O–H groups in total. The predicted molar refractivity (Wildman–Crippen MR) is 273 cm³/mol. The van der Waals surface area contributed by atoms with Gasteiger partial charge in [0, 0.05) is 33.5 Å². The van der Waals surface area contributed by atoms with E-state index in [1.54, 1.807) is 0 Å². The smallest absolute Gasteiger partial charge is 0.0714 e. The molecule has 0 saturated heterocycles. The molecule has 0 atom stereocenters. The quantitative estimate of drug-likeness (QED) is 0.155. The molecular formula is C63H42N2. The first-order valence-corrected chi connectivity index (χ1v) is 22.5. The Hall–Kier alpha value is -8.46. The molecule has 13 rings (SSSR count). The van der Waals surface area contributed by atoms with E-state index in [2.05, 4.69) is 264 Å². The van der Waals surface area contributed by atoms with Crippen molar-refractivity contribution in [2.24, 2.45) is 0 Å². The van der Waals surface area contributed by atoms with Crippen molar-refractivity contribution in [1.82, 2.24) is 4.57 Å². The van der Waals surface area contributed by atoms with Crippen molar-refractivity contribution in [3.63, 3.8) is 0 Å². The maximum absolute atomic E-state index is 2.44. The minimum Gasteiger partial charge on any atom is -0.310 e. The number of aromatic nitrogens is 1. The highest BCUT2D eigenvalue weighted by molar-refractivity contribution is 6.28. The Bertz CT molecular complexity index is 3610. The predicted octanol–water partition coefficient (Wildman–Crippen LogP) is 16.6. The average Bonchev–Trinajstić information content (AvgIpc) is 3.89. The number of rotatable bonds is 7. The van der Waals surface area contributed by atoms with Crippen LogP contribution < -0.4 is 4.90 Å². The van der Waals surface area contributed by atoms with Gasteiger partial charge < -0.3 is 9.47 Å². The van der Waals surface area contributed by atoms with Gasteiger partial charge in [-0.05, 0) is 127 Å². The van der Waals surface area contributed by atoms with Gasteiger partial charge in [-0.1, -0.05) is 194 Å². The molecule has 0 spiro atoms. The zero-order valence-electron chi connectivity index (χ0n) is 35.6. The molecule has 65 heavy (non-hydrogen) atoms. The number of nitrogens with zero attached hydrogens (tertiary/aromatic N) is 2. The number of hydrogen-bond acceptors (Lipinski definition) is 1. The van der Waals surface area contributed by atoms with E-state index in [0.29, 0.717) is 0 Å². The van der Waals surface area contributed by atoms with Crippen LogP contribution in [0.3, 0.4) is 0 Å². The van der Waals surface area contributed by atoms with Crippen molar-refractivity contribution in [2.75, 3.05) is 4.90 Å². The molecule has 0 aliphatic heterocycles. The summed E-state index contributed by atoms with van der Waals surface area (Å²) in [4.78, 5) is 2.40. The van der Waals surface area contributed by atoms with Crippen LogP contribution in [-0.2, 0) is 5.41 Å². The summed E-state index contributed by atoms with van der Waals surface area (Å²) in [6.07, 6.45) is 0. The maximum atomic E-state index is 2.44. The highest BCUT2D eigenvalue weighted by Gasteiger charge is 2.46. The number of anilines is 3. The molecule has 11 aromatic carbocycles. The molecule has 0 fully saturated rings. The van der Waals surface area contributed by atoms with Gasteiger partial charge in [-0.25, -0.2) is 0 Å². The minimum atomic E-state index is -0.483. The molecule has 1 aliphatic rings. The second-order valence-electron chi connectivity index (χ2n) is 17.2. The van der Waals surface area contributed by atoms with Gasteiger partial charge in [-0.15, -0.1) is 0 Å². The number of para-hydroxylation sites is 1. The topological polar surface area (TPSA) is 8.17 Å². The third-order valence-corrected chi connectivity index (χ3v) is 13.8. The van der Waals surface area contributed by atoms with Gasteiger partial charge in [0.15, 0.2) is 0 Å². The summed E-state index contributed by atoms with van der Waals surface area (Å²) in [6.45, 7) is 0. The fourth-order valence-corrected chi connectivity index (χ4v) is 11.0. The summed E-state index contributed by atoms with van der Waals surface area (Å²) < 4.78 is 2.44. The van der Waals surface area contributed by atoms with E-state index in [1.807, 2.05) is 0 Å². The van der Waals surface area contributed by atoms with Crippen LogP contribution in [0.5, 0.6) is 0 Å². The molecule has 0 unspecified atom stereocenters. The van der Waals surface area contributed by atoms with Crippen LogP contribution >= 0.6 is 0 Å². The van der Waals surface area contributed by atoms with Crippen molar-refractivity contribution in [1.29, 1.82) is 0 Å². The molecule has 0 saturated carbocycles. The molecule has 2 heteroatoms. The first kappa shape index (κ1) is 37.1. The molecule has 304 valence electrons. The summed E-state index contributed by atoms with van der Waals surface area (Å²) in [5.74, 6) is 0. The van der Waals surface area contributed by atoms with Crippen LogP contribution in [-0.4, -0.2) is 4.57 Å². The van der Waals surface area contributed by atoms with Crippen molar-refractivity contribution in [3.8, 4) is 27.9 Å². The van der Waals surface area contributed by atoms with Crippen molar-refractivity contribution in [3.05, 3.63) is 277 Å². The van der Waals surface area contributed by atoms with Gasteiger partial charge in [0.05, 0.1) is 16.4 Å². The van der Waals surface area contributed by atoms with E-state index in [1.165, 1.54) is 87.9 Å². The fourth-order valence-electron chi connectivity index (χ4n) is 11.0. The van der Waals surface area contributed by atoms with E-state index in [0.717, 1.165) is 22.7 Å². The van der Waals surface area contributed by atoms with Gasteiger partial charge in [0.25, 0.3) is 0 Å². The third kappa shape index (κ3) is 5.67. The van der Waals surface area contributed by atoms with E-state index in [4.69, 9.17) is 0 Å². The number of fused-ring (bicyclic) bond motifs is 10. The van der Waals surface area contributed by atoms with Crippen LogP contribution in [0, 0.1) is 0 Å². The Labute approximate surface area is 378 Å². The summed E-state index contributed by atoms with van der Waals surface area (Å²) in [5, 5.41) is 7.68. The highest BCUT2D eigenvalue weighted by Crippen LogP contribution is 2.57. The SMILES string of the molecule is c1ccc(N(c2ccc(-c3ccc(-n4c5ccc6ccccc6c5c5c6ccccc6ccc54)cc3)cc2)c2ccc3c(c2)C(c2ccccc2)(c2ccccc2)c2ccccc2-3)cc1. The van der Waals surface area contributed by atoms with Crippen LogP contribution in [0.25, 0.3) is 71.3 Å². The molecule has 0 bridgehead atoms. The van der Waals surface area contributed by atoms with Gasteiger partial charge in [0.1, 0.15) is 0 Å². The minimum absolute atomic E-state index is 0.483. The van der Waals surface area contributed by atoms with E-state index in [-0.39, 0.29) is 0 Å². The Morgan fingerprint density at radius 3 is 1.38 bits per heavy atom. The molecule has 1 aliphatic carbocycles. The second-order valence-corrected chi connectivity index (χ2v) is 17.2. The lowest BCUT2D eigenvalue weighted by Gasteiger charge is -2.35. The first-order valence-electron chi connectivity index (χ1n) is 22.5. The van der Waals surface area contributed by atoms with Crippen LogP contribution in [0.4, 0.5) is 17.1 Å². The van der Waals surface area contributed by atoms with Crippen LogP contribution in [0.2, 0.25) is 0 Å². The lowest BCUT2D eigenvalue weighted by atomic mass is 9.67. The molecule has 12 aromatic rings. The molecule has 1 heterocycles. The van der Waals surface area contributed by atoms with E-state index >= 15 is 0 Å². The lowest BCUT2D eigenvalue weighted by Crippen LogP contribution is -2.28. The second kappa shape index (κ2) is 14.8. The zero-order valence-corrected chi connectivity index (χ0v) is 35.6. The summed E-state index contributed by atoms with van der Waals surface area (Å²) in [5.41, 5.74) is 16.4. The Morgan fingerprint density at radius 1 is 0.323 bits per heavy atom. The monoisotopic (exact) mass is 826 g/mol. The molecular weight excluding hydrogens is 785 g/mol. The largest absolute Gasteiger partial charge is 0.310 e. The highest BCUT2D eigenvalue weighted by atomic mass is 15.1. The van der Waals surface area contributed by atoms with Crippen LogP contribution in [0.1, 0.15) is 22.3 Å². The molecule has 1 aromatic heterocycles. The zero-order chi connectivity index (χ0) is 42.9. The van der Waals surface area contributed by atoms with Gasteiger partial charge in [-0.3, -0.25) is 0 Å². The maximum Gasteiger partial charge on any atom is 0.0714 e. The van der Waals surface area contributed by atoms with Crippen molar-refractivity contribution >= 4 is 60.4 Å². The first-order chi connectivity index (χ1) is 32.3. The lowest BCUT2D eigenvalue weighted by molar-refractivity contribution is 0.768. The molecule has 0 radical (unpaired) electrons.